The third-order valence-electron chi connectivity index (χ3n) is 3.77. The summed E-state index contributed by atoms with van der Waals surface area (Å²) >= 11 is 6.91. The van der Waals surface area contributed by atoms with Crippen LogP contribution in [0, 0.1) is 5.82 Å². The fourth-order valence-electron chi connectivity index (χ4n) is 2.63. The Bertz CT molecular complexity index is 1070. The number of urea groups is 1. The molecule has 0 radical (unpaired) electrons. The zero-order valence-corrected chi connectivity index (χ0v) is 16.3. The van der Waals surface area contributed by atoms with E-state index in [0.29, 0.717) is 9.78 Å². The molecule has 8 nitrogen and oxygen atoms in total. The van der Waals surface area contributed by atoms with E-state index in [2.05, 4.69) is 4.74 Å². The van der Waals surface area contributed by atoms with Gasteiger partial charge in [0, 0.05) is 12.5 Å². The molecule has 1 aliphatic heterocycles. The lowest BCUT2D eigenvalue weighted by atomic mass is 10.0. The number of rotatable bonds is 4. The molecule has 2 aromatic rings. The van der Waals surface area contributed by atoms with Gasteiger partial charge in [0.05, 0.1) is 21.2 Å². The predicted molar refractivity (Wildman–Crippen MR) is 102 cm³/mol. The number of imide groups is 1. The van der Waals surface area contributed by atoms with Crippen LogP contribution in [0.1, 0.15) is 17.4 Å². The van der Waals surface area contributed by atoms with Crippen LogP contribution in [0.2, 0.25) is 5.02 Å². The molecule has 29 heavy (non-hydrogen) atoms. The van der Waals surface area contributed by atoms with Crippen molar-refractivity contribution in [3.8, 4) is 0 Å². The number of nitrogens with zero attached hydrogens (tertiary/aromatic N) is 1. The minimum absolute atomic E-state index is 0.0283. The van der Waals surface area contributed by atoms with Crippen LogP contribution in [0.5, 0.6) is 0 Å². The van der Waals surface area contributed by atoms with Crippen LogP contribution in [0.4, 0.5) is 14.9 Å². The van der Waals surface area contributed by atoms with Gasteiger partial charge in [0.2, 0.25) is 0 Å². The predicted octanol–water partition coefficient (Wildman–Crippen LogP) is 2.94. The number of hydrogen-bond acceptors (Lipinski definition) is 7. The van der Waals surface area contributed by atoms with E-state index in [1.807, 2.05) is 0 Å². The van der Waals surface area contributed by atoms with Gasteiger partial charge in [0.15, 0.2) is 12.4 Å². The fraction of sp³-hybridized carbons (Fsp3) is 0.111. The number of hydrogen-bond donors (Lipinski definition) is 1. The maximum absolute atomic E-state index is 14.1. The summed E-state index contributed by atoms with van der Waals surface area (Å²) in [5.74, 6) is -3.67. The van der Waals surface area contributed by atoms with E-state index in [9.17, 15) is 23.6 Å². The molecule has 0 bridgehead atoms. The molecule has 1 aromatic carbocycles. The number of benzene rings is 1. The Morgan fingerprint density at radius 2 is 2.03 bits per heavy atom. The summed E-state index contributed by atoms with van der Waals surface area (Å²) in [5, 5.41) is 1.33. The van der Waals surface area contributed by atoms with E-state index >= 15 is 0 Å². The second-order valence-electron chi connectivity index (χ2n) is 5.70. The summed E-state index contributed by atoms with van der Waals surface area (Å²) < 4.78 is 24.0. The number of ether oxygens (including phenoxy) is 2. The van der Waals surface area contributed by atoms with Crippen molar-refractivity contribution in [3.05, 3.63) is 50.9 Å². The zero-order valence-electron chi connectivity index (χ0n) is 14.7. The Balaban J connectivity index is 2.19. The van der Waals surface area contributed by atoms with Crippen molar-refractivity contribution >= 4 is 63.8 Å². The number of thiophene rings is 1. The van der Waals surface area contributed by atoms with Crippen LogP contribution < -0.4 is 10.6 Å². The highest BCUT2D eigenvalue weighted by Gasteiger charge is 2.40. The number of carbonyl (C=O) groups is 4. The van der Waals surface area contributed by atoms with Crippen LogP contribution >= 0.6 is 22.9 Å². The van der Waals surface area contributed by atoms with Gasteiger partial charge in [-0.15, -0.1) is 11.3 Å². The normalized spacial score (nSPS) is 14.4. The first-order valence-corrected chi connectivity index (χ1v) is 9.22. The lowest BCUT2D eigenvalue weighted by molar-refractivity contribution is -0.153. The van der Waals surface area contributed by atoms with Gasteiger partial charge in [-0.2, -0.15) is 0 Å². The fourth-order valence-corrected chi connectivity index (χ4v) is 3.50. The zero-order chi connectivity index (χ0) is 21.3. The molecule has 11 heteroatoms. The van der Waals surface area contributed by atoms with Crippen LogP contribution in [0.3, 0.4) is 0 Å². The highest BCUT2D eigenvalue weighted by molar-refractivity contribution is 7.11. The minimum Gasteiger partial charge on any atom is -0.454 e. The van der Waals surface area contributed by atoms with Gasteiger partial charge >= 0.3 is 18.0 Å². The third-order valence-corrected chi connectivity index (χ3v) is 4.93. The van der Waals surface area contributed by atoms with E-state index in [1.165, 1.54) is 0 Å². The molecule has 2 heterocycles. The summed E-state index contributed by atoms with van der Waals surface area (Å²) in [6, 6.07) is 4.09. The molecular weight excluding hydrogens is 427 g/mol. The summed E-state index contributed by atoms with van der Waals surface area (Å²) in [5.41, 5.74) is 4.97. The van der Waals surface area contributed by atoms with Crippen LogP contribution in [0.25, 0.3) is 11.3 Å². The number of nitrogens with two attached hydrogens (primary N) is 1. The lowest BCUT2D eigenvalue weighted by Gasteiger charge is -2.12. The first-order chi connectivity index (χ1) is 13.7. The van der Waals surface area contributed by atoms with E-state index in [0.717, 1.165) is 30.4 Å². The Kier molecular flexibility index (Phi) is 5.66. The molecule has 3 rings (SSSR count). The topological polar surface area (TPSA) is 116 Å². The van der Waals surface area contributed by atoms with Crippen molar-refractivity contribution in [1.29, 1.82) is 0 Å². The second-order valence-corrected chi connectivity index (χ2v) is 7.05. The standard InChI is InChI=1S/C18H12ClFN2O6S/c1-8(23)27-7-14(24)28-16(13-3-2-4-29-13)15-9-5-11(20)10(19)6-12(9)22(17(15)25)18(21)26/h2-6H,7H2,1H3,(H2,21,26)/b16-15-. The van der Waals surface area contributed by atoms with Crippen molar-refractivity contribution in [2.24, 2.45) is 5.73 Å². The SMILES string of the molecule is CC(=O)OCC(=O)O/C(=C1\C(=O)N(C(N)=O)c2cc(Cl)c(F)cc21)c1cccs1. The summed E-state index contributed by atoms with van der Waals surface area (Å²) in [4.78, 5) is 48.8. The highest BCUT2D eigenvalue weighted by Crippen LogP contribution is 2.43. The van der Waals surface area contributed by atoms with Crippen molar-refractivity contribution in [3.63, 3.8) is 0 Å². The van der Waals surface area contributed by atoms with Crippen molar-refractivity contribution < 1.29 is 33.0 Å². The van der Waals surface area contributed by atoms with Crippen LogP contribution in [-0.4, -0.2) is 30.5 Å². The van der Waals surface area contributed by atoms with Gasteiger partial charge in [0.1, 0.15) is 5.82 Å². The summed E-state index contributed by atoms with van der Waals surface area (Å²) in [6.07, 6.45) is 0. The number of fused-ring (bicyclic) bond motifs is 1. The highest BCUT2D eigenvalue weighted by atomic mass is 35.5. The number of carbonyl (C=O) groups excluding carboxylic acids is 4. The Morgan fingerprint density at radius 1 is 1.31 bits per heavy atom. The Labute approximate surface area is 172 Å². The molecule has 3 amide bonds. The van der Waals surface area contributed by atoms with E-state index in [-0.39, 0.29) is 27.6 Å². The molecule has 0 aliphatic carbocycles. The van der Waals surface area contributed by atoms with Crippen molar-refractivity contribution in [2.45, 2.75) is 6.92 Å². The average molecular weight is 439 g/mol. The Hall–Kier alpha value is -3.24. The van der Waals surface area contributed by atoms with Crippen LogP contribution in [-0.2, 0) is 23.9 Å². The molecule has 0 spiro atoms. The number of anilines is 1. The summed E-state index contributed by atoms with van der Waals surface area (Å²) in [7, 11) is 0. The van der Waals surface area contributed by atoms with Gasteiger partial charge in [-0.05, 0) is 23.6 Å². The van der Waals surface area contributed by atoms with E-state index < -0.39 is 36.3 Å². The number of halogens is 2. The number of esters is 2. The number of amides is 3. The van der Waals surface area contributed by atoms with E-state index in [4.69, 9.17) is 22.1 Å². The monoisotopic (exact) mass is 438 g/mol. The molecule has 1 aromatic heterocycles. The van der Waals surface area contributed by atoms with Gasteiger partial charge in [0.25, 0.3) is 5.91 Å². The van der Waals surface area contributed by atoms with Crippen molar-refractivity contribution in [2.75, 3.05) is 11.5 Å². The Morgan fingerprint density at radius 3 is 2.62 bits per heavy atom. The van der Waals surface area contributed by atoms with Gasteiger partial charge in [-0.3, -0.25) is 9.59 Å². The number of primary amides is 1. The molecule has 2 N–H and O–H groups in total. The molecular formula is C18H12ClFN2O6S. The molecule has 0 atom stereocenters. The second kappa shape index (κ2) is 8.02. The molecule has 0 fully saturated rings. The maximum atomic E-state index is 14.1. The van der Waals surface area contributed by atoms with Gasteiger partial charge < -0.3 is 15.2 Å². The third kappa shape index (κ3) is 3.98. The van der Waals surface area contributed by atoms with Crippen LogP contribution in [0.15, 0.2) is 29.6 Å². The first kappa shape index (κ1) is 20.5. The quantitative estimate of drug-likeness (QED) is 0.445. The molecule has 1 aliphatic rings. The maximum Gasteiger partial charge on any atom is 0.349 e. The van der Waals surface area contributed by atoms with Crippen molar-refractivity contribution in [1.82, 2.24) is 0 Å². The molecule has 0 unspecified atom stereocenters. The largest absolute Gasteiger partial charge is 0.454 e. The van der Waals surface area contributed by atoms with Gasteiger partial charge in [-0.1, -0.05) is 17.7 Å². The van der Waals surface area contributed by atoms with E-state index in [1.54, 1.807) is 17.5 Å². The summed E-state index contributed by atoms with van der Waals surface area (Å²) in [6.45, 7) is 0.410. The molecule has 150 valence electrons. The minimum atomic E-state index is -1.12. The van der Waals surface area contributed by atoms with Gasteiger partial charge in [-0.25, -0.2) is 18.9 Å². The lowest BCUT2D eigenvalue weighted by Crippen LogP contribution is -2.38. The molecule has 0 saturated heterocycles. The smallest absolute Gasteiger partial charge is 0.349 e. The average Bonchev–Trinajstić information content (AvgIpc) is 3.25. The molecule has 0 saturated carbocycles. The first-order valence-electron chi connectivity index (χ1n) is 7.96.